The third-order valence-corrected chi connectivity index (χ3v) is 0. The summed E-state index contributed by atoms with van der Waals surface area (Å²) in [4.78, 5) is 0. The molecular weight excluding hydrogens is 187 g/mol. The molecule has 5 heteroatoms. The zero-order valence-electron chi connectivity index (χ0n) is 2.29. The first-order valence-corrected chi connectivity index (χ1v) is 1.10. The van der Waals surface area contributed by atoms with Gasteiger partial charge in [-0.2, -0.15) is 0 Å². The van der Waals surface area contributed by atoms with Gasteiger partial charge in [-0.05, 0) is 0 Å². The zero-order valence-corrected chi connectivity index (χ0v) is 7.14. The van der Waals surface area contributed by atoms with Gasteiger partial charge >= 0.3 is 17.5 Å². The molecular formula is NiO2PZn+. The van der Waals surface area contributed by atoms with E-state index in [1.807, 2.05) is 0 Å². The van der Waals surface area contributed by atoms with Crippen LogP contribution >= 0.6 is 8.34 Å². The van der Waals surface area contributed by atoms with Gasteiger partial charge in [0.05, 0.1) is 0 Å². The first kappa shape index (κ1) is 16.4. The van der Waals surface area contributed by atoms with Crippen LogP contribution in [0.4, 0.5) is 0 Å². The fourth-order valence-electron chi connectivity index (χ4n) is 0. The Labute approximate surface area is 53.6 Å². The summed E-state index contributed by atoms with van der Waals surface area (Å²) in [5, 5.41) is 0. The average Bonchev–Trinajstić information content (AvgIpc) is 0.918. The minimum atomic E-state index is -1.08. The molecule has 0 N–H and O–H groups in total. The molecule has 0 amide bonds. The van der Waals surface area contributed by atoms with Crippen molar-refractivity contribution in [1.29, 1.82) is 0 Å². The molecule has 0 aliphatic rings. The molecule has 0 bridgehead atoms. The summed E-state index contributed by atoms with van der Waals surface area (Å²) in [5.74, 6) is 0. The summed E-state index contributed by atoms with van der Waals surface area (Å²) in [6, 6.07) is 0. The Morgan fingerprint density at radius 3 is 1.20 bits per heavy atom. The molecule has 0 saturated heterocycles. The van der Waals surface area contributed by atoms with Crippen molar-refractivity contribution < 1.29 is 45.1 Å². The summed E-state index contributed by atoms with van der Waals surface area (Å²) in [7, 11) is -1.08. The summed E-state index contributed by atoms with van der Waals surface area (Å²) in [6.45, 7) is 0. The minimum Gasteiger partial charge on any atom is 0 e. The van der Waals surface area contributed by atoms with Crippen LogP contribution in [-0.4, -0.2) is 0 Å². The van der Waals surface area contributed by atoms with Gasteiger partial charge < -0.3 is 0 Å². The molecule has 0 aromatic carbocycles. The average molecular weight is 187 g/mol. The predicted molar refractivity (Wildman–Crippen MR) is 8.29 cm³/mol. The molecule has 0 aromatic rings. The van der Waals surface area contributed by atoms with Crippen LogP contribution < -0.4 is 0 Å². The van der Waals surface area contributed by atoms with Gasteiger partial charge in [-0.25, -0.2) is 0 Å². The molecule has 0 atom stereocenters. The smallest absolute Gasteiger partial charge is 0 e. The van der Waals surface area contributed by atoms with Crippen LogP contribution in [-0.2, 0) is 45.1 Å². The van der Waals surface area contributed by atoms with Crippen molar-refractivity contribution in [2.24, 2.45) is 0 Å². The molecule has 0 aliphatic carbocycles. The first-order chi connectivity index (χ1) is 1.41. The standard InChI is InChI=1S/Ni.O2P.Zn/c;1-3-2;/q;+1;. The van der Waals surface area contributed by atoms with E-state index in [0.717, 1.165) is 0 Å². The molecule has 0 spiro atoms. The largest absolute Gasteiger partial charge is 0 e. The van der Waals surface area contributed by atoms with Crippen LogP contribution in [0.3, 0.4) is 0 Å². The molecule has 0 unspecified atom stereocenters. The third-order valence-electron chi connectivity index (χ3n) is 0. The van der Waals surface area contributed by atoms with E-state index in [9.17, 15) is 0 Å². The Morgan fingerprint density at radius 1 is 1.20 bits per heavy atom. The minimum absolute atomic E-state index is 0. The third kappa shape index (κ3) is 38.7. The fourth-order valence-corrected chi connectivity index (χ4v) is 0. The van der Waals surface area contributed by atoms with E-state index < -0.39 is 8.34 Å². The van der Waals surface area contributed by atoms with Gasteiger partial charge in [0.1, 0.15) is 0 Å². The van der Waals surface area contributed by atoms with Crippen molar-refractivity contribution in [3.63, 3.8) is 0 Å². The molecule has 5 heavy (non-hydrogen) atoms. The van der Waals surface area contributed by atoms with Gasteiger partial charge in [0.15, 0.2) is 0 Å². The number of hydrogen-bond acceptors (Lipinski definition) is 2. The van der Waals surface area contributed by atoms with Gasteiger partial charge in [0.25, 0.3) is 0 Å². The van der Waals surface area contributed by atoms with E-state index in [0.29, 0.717) is 0 Å². The molecule has 0 saturated carbocycles. The quantitative estimate of drug-likeness (QED) is 0.411. The molecule has 0 aliphatic heterocycles. The van der Waals surface area contributed by atoms with Gasteiger partial charge in [0.2, 0.25) is 0 Å². The van der Waals surface area contributed by atoms with E-state index in [4.69, 9.17) is 9.13 Å². The SMILES string of the molecule is O=[P+]=O.[Ni].[Zn]. The Balaban J connectivity index is -0.0000000200. The van der Waals surface area contributed by atoms with Gasteiger partial charge in [-0.1, -0.05) is 0 Å². The van der Waals surface area contributed by atoms with Crippen LogP contribution in [0, 0.1) is 0 Å². The van der Waals surface area contributed by atoms with Crippen molar-refractivity contribution in [3.8, 4) is 0 Å². The van der Waals surface area contributed by atoms with E-state index in [2.05, 4.69) is 0 Å². The number of rotatable bonds is 0. The van der Waals surface area contributed by atoms with Gasteiger partial charge in [-0.3, -0.25) is 0 Å². The second kappa shape index (κ2) is 19.2. The summed E-state index contributed by atoms with van der Waals surface area (Å²) in [5.41, 5.74) is 0. The zero-order chi connectivity index (χ0) is 2.71. The maximum absolute atomic E-state index is 8.35. The molecule has 0 radical (unpaired) electrons. The Kier molecular flexibility index (Phi) is 63.2. The van der Waals surface area contributed by atoms with Crippen molar-refractivity contribution in [1.82, 2.24) is 0 Å². The molecule has 0 fully saturated rings. The Hall–Kier alpha value is 1.15. The maximum atomic E-state index is 8.35. The fraction of sp³-hybridized carbons (Fsp3) is 0. The molecule has 0 rings (SSSR count). The molecule has 28 valence electrons. The Morgan fingerprint density at radius 2 is 1.20 bits per heavy atom. The maximum Gasteiger partial charge on any atom is 0 e. The van der Waals surface area contributed by atoms with E-state index >= 15 is 0 Å². The van der Waals surface area contributed by atoms with Crippen molar-refractivity contribution >= 4 is 8.34 Å². The van der Waals surface area contributed by atoms with Crippen LogP contribution in [0.2, 0.25) is 0 Å². The predicted octanol–water partition coefficient (Wildman–Crippen LogP) is 0.619. The van der Waals surface area contributed by atoms with Gasteiger partial charge in [-0.15, -0.1) is 0 Å². The molecule has 0 heterocycles. The second-order valence-corrected chi connectivity index (χ2v) is 0.224. The van der Waals surface area contributed by atoms with Crippen molar-refractivity contribution in [2.45, 2.75) is 0 Å². The molecule has 2 nitrogen and oxygen atoms in total. The summed E-state index contributed by atoms with van der Waals surface area (Å²) in [6.07, 6.45) is 0. The van der Waals surface area contributed by atoms with Crippen LogP contribution in [0.25, 0.3) is 0 Å². The molecule has 0 aromatic heterocycles. The summed E-state index contributed by atoms with van der Waals surface area (Å²) < 4.78 is 16.7. The second-order valence-electron chi connectivity index (χ2n) is 0.0745. The van der Waals surface area contributed by atoms with Crippen LogP contribution in [0.5, 0.6) is 0 Å². The topological polar surface area (TPSA) is 34.1 Å². The van der Waals surface area contributed by atoms with Crippen LogP contribution in [0.15, 0.2) is 0 Å². The van der Waals surface area contributed by atoms with E-state index in [1.54, 1.807) is 0 Å². The van der Waals surface area contributed by atoms with Gasteiger partial charge in [0, 0.05) is 36.0 Å². The first-order valence-electron chi connectivity index (χ1n) is 0.365. The monoisotopic (exact) mass is 185 g/mol. The van der Waals surface area contributed by atoms with Crippen molar-refractivity contribution in [2.75, 3.05) is 0 Å². The summed E-state index contributed by atoms with van der Waals surface area (Å²) >= 11 is 0. The number of hydrogen-bond donors (Lipinski definition) is 0. The van der Waals surface area contributed by atoms with Crippen LogP contribution in [0.1, 0.15) is 0 Å². The van der Waals surface area contributed by atoms with E-state index in [1.165, 1.54) is 0 Å². The van der Waals surface area contributed by atoms with Crippen molar-refractivity contribution in [3.05, 3.63) is 0 Å². The van der Waals surface area contributed by atoms with E-state index in [-0.39, 0.29) is 36.0 Å². The Bertz CT molecular complexity index is 30.6. The normalized spacial score (nSPS) is 1.60.